The van der Waals surface area contributed by atoms with Crippen molar-refractivity contribution in [3.63, 3.8) is 0 Å². The fourth-order valence-corrected chi connectivity index (χ4v) is 3.78. The quantitative estimate of drug-likeness (QED) is 0.518. The van der Waals surface area contributed by atoms with E-state index in [2.05, 4.69) is 25.8 Å². The van der Waals surface area contributed by atoms with Crippen molar-refractivity contribution in [3.8, 4) is 0 Å². The number of amides is 1. The van der Waals surface area contributed by atoms with Crippen molar-refractivity contribution in [2.24, 2.45) is 15.1 Å². The Morgan fingerprint density at radius 3 is 2.59 bits per heavy atom. The van der Waals surface area contributed by atoms with E-state index in [0.29, 0.717) is 17.1 Å². The molecule has 4 rings (SSSR count). The van der Waals surface area contributed by atoms with Crippen LogP contribution in [0.3, 0.4) is 0 Å². The summed E-state index contributed by atoms with van der Waals surface area (Å²) in [4.78, 5) is 21.5. The molecule has 2 aromatic rings. The molecule has 1 heterocycles. The van der Waals surface area contributed by atoms with Crippen molar-refractivity contribution in [1.82, 2.24) is 10.7 Å². The van der Waals surface area contributed by atoms with E-state index in [9.17, 15) is 18.0 Å². The van der Waals surface area contributed by atoms with Crippen LogP contribution in [-0.2, 0) is 0 Å². The van der Waals surface area contributed by atoms with Gasteiger partial charge in [-0.2, -0.15) is 10.1 Å². The Labute approximate surface area is 187 Å². The number of hydrogen-bond donors (Lipinski definition) is 2. The second kappa shape index (κ2) is 9.52. The highest BCUT2D eigenvalue weighted by molar-refractivity contribution is 6.31. The second-order valence-electron chi connectivity index (χ2n) is 7.54. The number of carbonyl (C=O) groups is 1. The molecule has 10 heteroatoms. The highest BCUT2D eigenvalue weighted by Gasteiger charge is 2.20. The predicted molar refractivity (Wildman–Crippen MR) is 117 cm³/mol. The van der Waals surface area contributed by atoms with Gasteiger partial charge in [-0.25, -0.2) is 18.2 Å². The topological polar surface area (TPSA) is 78.2 Å². The van der Waals surface area contributed by atoms with Crippen LogP contribution < -0.4 is 10.7 Å². The van der Waals surface area contributed by atoms with Gasteiger partial charge in [0.1, 0.15) is 11.7 Å². The zero-order chi connectivity index (χ0) is 22.7. The maximum Gasteiger partial charge on any atom is 0.258 e. The number of nitrogens with one attached hydrogen (secondary N) is 2. The molecule has 0 atom stereocenters. The van der Waals surface area contributed by atoms with Crippen molar-refractivity contribution >= 4 is 35.0 Å². The largest absolute Gasteiger partial charge is 0.291 e. The van der Waals surface area contributed by atoms with Crippen molar-refractivity contribution in [2.75, 3.05) is 0 Å². The Balaban J connectivity index is 1.54. The number of aliphatic imine (C=N–C) groups is 2. The molecule has 6 nitrogen and oxygen atoms in total. The summed E-state index contributed by atoms with van der Waals surface area (Å²) < 4.78 is 40.4. The molecule has 0 radical (unpaired) electrons. The Kier molecular flexibility index (Phi) is 6.55. The molecule has 0 aromatic heterocycles. The summed E-state index contributed by atoms with van der Waals surface area (Å²) >= 11 is 5.92. The lowest BCUT2D eigenvalue weighted by Crippen LogP contribution is -2.32. The van der Waals surface area contributed by atoms with Gasteiger partial charge >= 0.3 is 0 Å². The van der Waals surface area contributed by atoms with Crippen LogP contribution in [0.4, 0.5) is 13.2 Å². The zero-order valence-corrected chi connectivity index (χ0v) is 17.6. The highest BCUT2D eigenvalue weighted by Crippen LogP contribution is 2.21. The summed E-state index contributed by atoms with van der Waals surface area (Å²) in [6, 6.07) is 6.98. The van der Waals surface area contributed by atoms with Gasteiger partial charge in [0.15, 0.2) is 11.6 Å². The van der Waals surface area contributed by atoms with Crippen LogP contribution in [0, 0.1) is 17.5 Å². The van der Waals surface area contributed by atoms with E-state index >= 15 is 0 Å². The Bertz CT molecular complexity index is 1120. The molecular formula is C22H19ClF3N5O. The average molecular weight is 462 g/mol. The monoisotopic (exact) mass is 461 g/mol. The van der Waals surface area contributed by atoms with Gasteiger partial charge in [0, 0.05) is 16.1 Å². The predicted octanol–water partition coefficient (Wildman–Crippen LogP) is 4.58. The standard InChI is InChI=1S/C22H19ClF3N5O/c23-14-7-13(8-15(24)10-14)19-11-20(31-30-19)28-22(27-16-3-1-2-4-16)29-21(32)12-5-6-17(25)18(26)9-12/h5-10,16H,1-4,11H2,(H2,27,28,29,31,32). The molecule has 0 unspecified atom stereocenters. The minimum atomic E-state index is -1.12. The second-order valence-corrected chi connectivity index (χ2v) is 7.97. The SMILES string of the molecule is O=C(NC(N=C1CC(c2cc(F)cc(Cl)c2)=NN1)=NC1CCCC1)c1ccc(F)c(F)c1. The van der Waals surface area contributed by atoms with Crippen LogP contribution in [0.5, 0.6) is 0 Å². The fraction of sp³-hybridized carbons (Fsp3) is 0.273. The first-order valence-corrected chi connectivity index (χ1v) is 10.5. The molecule has 1 aliphatic heterocycles. The fourth-order valence-electron chi connectivity index (χ4n) is 3.56. The molecule has 166 valence electrons. The Morgan fingerprint density at radius 1 is 1.09 bits per heavy atom. The number of guanidine groups is 1. The van der Waals surface area contributed by atoms with Gasteiger partial charge in [-0.1, -0.05) is 24.4 Å². The van der Waals surface area contributed by atoms with Gasteiger partial charge in [-0.05, 0) is 49.2 Å². The maximum absolute atomic E-state index is 13.7. The summed E-state index contributed by atoms with van der Waals surface area (Å²) in [6.45, 7) is 0. The molecular weight excluding hydrogens is 443 g/mol. The minimum Gasteiger partial charge on any atom is -0.291 e. The lowest BCUT2D eigenvalue weighted by Gasteiger charge is -2.09. The number of rotatable bonds is 3. The van der Waals surface area contributed by atoms with Crippen LogP contribution in [-0.4, -0.2) is 29.5 Å². The summed E-state index contributed by atoms with van der Waals surface area (Å²) in [5.41, 5.74) is 3.73. The summed E-state index contributed by atoms with van der Waals surface area (Å²) in [6.07, 6.45) is 4.03. The number of nitrogens with zero attached hydrogens (tertiary/aromatic N) is 3. The highest BCUT2D eigenvalue weighted by atomic mass is 35.5. The molecule has 32 heavy (non-hydrogen) atoms. The number of halogens is 4. The Hall–Kier alpha value is -3.20. The summed E-state index contributed by atoms with van der Waals surface area (Å²) in [5, 5.41) is 6.98. The third-order valence-corrected chi connectivity index (χ3v) is 5.35. The number of benzene rings is 2. The van der Waals surface area contributed by atoms with Crippen molar-refractivity contribution in [1.29, 1.82) is 0 Å². The Morgan fingerprint density at radius 2 is 1.88 bits per heavy atom. The molecule has 2 aliphatic rings. The third kappa shape index (κ3) is 5.34. The van der Waals surface area contributed by atoms with E-state index in [1.54, 1.807) is 6.07 Å². The van der Waals surface area contributed by atoms with Crippen LogP contribution in [0.15, 0.2) is 51.5 Å². The number of hydrazone groups is 1. The molecule has 2 N–H and O–H groups in total. The van der Waals surface area contributed by atoms with Gasteiger partial charge in [0.05, 0.1) is 18.2 Å². The van der Waals surface area contributed by atoms with Crippen molar-refractivity contribution in [3.05, 3.63) is 70.0 Å². The first-order chi connectivity index (χ1) is 15.4. The normalized spacial score (nSPS) is 18.1. The van der Waals surface area contributed by atoms with E-state index in [1.165, 1.54) is 18.2 Å². The van der Waals surface area contributed by atoms with Gasteiger partial charge in [0.2, 0.25) is 5.96 Å². The molecule has 2 aromatic carbocycles. The molecule has 1 aliphatic carbocycles. The molecule has 0 saturated heterocycles. The van der Waals surface area contributed by atoms with Crippen LogP contribution in [0.2, 0.25) is 5.02 Å². The first kappa shape index (κ1) is 22.0. The third-order valence-electron chi connectivity index (χ3n) is 5.13. The van der Waals surface area contributed by atoms with Gasteiger partial charge < -0.3 is 0 Å². The van der Waals surface area contributed by atoms with E-state index in [0.717, 1.165) is 37.8 Å². The van der Waals surface area contributed by atoms with Crippen molar-refractivity contribution < 1.29 is 18.0 Å². The molecule has 1 saturated carbocycles. The lowest BCUT2D eigenvalue weighted by molar-refractivity contribution is 0.0976. The average Bonchev–Trinajstić information content (AvgIpc) is 3.41. The molecule has 0 bridgehead atoms. The van der Waals surface area contributed by atoms with Crippen molar-refractivity contribution in [2.45, 2.75) is 38.1 Å². The molecule has 1 fully saturated rings. The maximum atomic E-state index is 13.7. The van der Waals surface area contributed by atoms with Crippen LogP contribution >= 0.6 is 11.6 Å². The number of carbonyl (C=O) groups excluding carboxylic acids is 1. The molecule has 0 spiro atoms. The van der Waals surface area contributed by atoms with E-state index in [4.69, 9.17) is 11.6 Å². The summed E-state index contributed by atoms with van der Waals surface area (Å²) in [5.74, 6) is -2.88. The summed E-state index contributed by atoms with van der Waals surface area (Å²) in [7, 11) is 0. The number of hydrogen-bond acceptors (Lipinski definition) is 3. The molecule has 1 amide bonds. The first-order valence-electron chi connectivity index (χ1n) is 10.1. The van der Waals surface area contributed by atoms with Gasteiger partial charge in [-0.15, -0.1) is 0 Å². The van der Waals surface area contributed by atoms with E-state index < -0.39 is 23.4 Å². The van der Waals surface area contributed by atoms with E-state index in [1.807, 2.05) is 0 Å². The van der Waals surface area contributed by atoms with Gasteiger partial charge in [0.25, 0.3) is 5.91 Å². The smallest absolute Gasteiger partial charge is 0.258 e. The van der Waals surface area contributed by atoms with E-state index in [-0.39, 0.29) is 29.0 Å². The van der Waals surface area contributed by atoms with Crippen LogP contribution in [0.1, 0.15) is 48.0 Å². The van der Waals surface area contributed by atoms with Crippen LogP contribution in [0.25, 0.3) is 0 Å². The zero-order valence-electron chi connectivity index (χ0n) is 16.8. The lowest BCUT2D eigenvalue weighted by atomic mass is 10.1. The minimum absolute atomic E-state index is 0.00317. The number of amidine groups is 1. The van der Waals surface area contributed by atoms with Gasteiger partial charge in [-0.3, -0.25) is 15.5 Å².